The van der Waals surface area contributed by atoms with E-state index in [1.807, 2.05) is 24.2 Å². The molecule has 9 heteroatoms. The van der Waals surface area contributed by atoms with E-state index in [4.69, 9.17) is 4.74 Å². The van der Waals surface area contributed by atoms with Gasteiger partial charge in [0.1, 0.15) is 11.5 Å². The molecular weight excluding hydrogens is 993 g/mol. The monoisotopic (exact) mass is 1040 g/mol. The number of pyridine rings is 1. The van der Waals surface area contributed by atoms with Crippen molar-refractivity contribution in [2.75, 3.05) is 19.6 Å². The van der Waals surface area contributed by atoms with Crippen molar-refractivity contribution in [2.45, 2.75) is 9.79 Å². The standard InChI is InChI=1S/C71H47B2N5OS/c1-6-22-49(23-7-1)75(50-24-8-2-9-25-50)54-42-64-70-67(44-54)79-66-37-21-18-34-58(66)73(70)59-46-60-68(47-63(59)78(64)61-35-19-16-32-56(61)48-38-40-74-41-39-48)80-69-45-55(76(51-26-10-3-11-27-51)52-28-12-4-13-29-52)43-65-71(69)72(60)57-33-17-20-36-62(57)77(65)53-30-14-5-15-31-53/h1-47H. The summed E-state index contributed by atoms with van der Waals surface area (Å²) in [6, 6.07) is 99.2. The van der Waals surface area contributed by atoms with E-state index in [1.54, 1.807) is 0 Å². The molecule has 0 spiro atoms. The van der Waals surface area contributed by atoms with Crippen molar-refractivity contribution in [3.05, 3.63) is 285 Å². The van der Waals surface area contributed by atoms with Gasteiger partial charge < -0.3 is 24.3 Å². The second kappa shape index (κ2) is 18.9. The summed E-state index contributed by atoms with van der Waals surface area (Å²) in [5.41, 5.74) is 22.7. The van der Waals surface area contributed by atoms with E-state index in [-0.39, 0.29) is 13.4 Å². The molecule has 0 bridgehead atoms. The molecule has 4 aliphatic rings. The van der Waals surface area contributed by atoms with Gasteiger partial charge >= 0.3 is 0 Å². The van der Waals surface area contributed by atoms with E-state index in [9.17, 15) is 0 Å². The predicted molar refractivity (Wildman–Crippen MR) is 335 cm³/mol. The number of rotatable bonds is 9. The zero-order valence-corrected chi connectivity index (χ0v) is 44.2. The molecule has 12 aromatic rings. The van der Waals surface area contributed by atoms with Gasteiger partial charge in [0.25, 0.3) is 6.71 Å². The van der Waals surface area contributed by atoms with Crippen LogP contribution in [0, 0.1) is 0 Å². The molecule has 374 valence electrons. The van der Waals surface area contributed by atoms with Gasteiger partial charge in [-0.25, -0.2) is 0 Å². The number of aromatic nitrogens is 1. The van der Waals surface area contributed by atoms with Gasteiger partial charge in [0.15, 0.2) is 0 Å². The van der Waals surface area contributed by atoms with Gasteiger partial charge in [-0.15, -0.1) is 0 Å². The molecule has 0 atom stereocenters. The van der Waals surface area contributed by atoms with Crippen molar-refractivity contribution in [2.24, 2.45) is 0 Å². The van der Waals surface area contributed by atoms with E-state index in [0.29, 0.717) is 0 Å². The number of benzene rings is 11. The number of para-hydroxylation sites is 8. The third-order valence-corrected chi connectivity index (χ3v) is 17.3. The molecule has 0 unspecified atom stereocenters. The molecule has 11 aromatic carbocycles. The zero-order chi connectivity index (χ0) is 52.7. The summed E-state index contributed by atoms with van der Waals surface area (Å²) >= 11 is 1.89. The fraction of sp³-hybridized carbons (Fsp3) is 0. The van der Waals surface area contributed by atoms with Gasteiger partial charge in [-0.3, -0.25) is 4.98 Å². The maximum absolute atomic E-state index is 7.25. The molecule has 0 saturated carbocycles. The van der Waals surface area contributed by atoms with Crippen LogP contribution in [0.4, 0.5) is 68.2 Å². The Balaban J connectivity index is 0.984. The fourth-order valence-corrected chi connectivity index (χ4v) is 14.1. The Bertz CT molecular complexity index is 4270. The first-order valence-corrected chi connectivity index (χ1v) is 28.1. The quantitative estimate of drug-likeness (QED) is 0.133. The normalized spacial score (nSPS) is 12.9. The highest BCUT2D eigenvalue weighted by Crippen LogP contribution is 2.51. The molecule has 80 heavy (non-hydrogen) atoms. The molecule has 0 N–H and O–H groups in total. The van der Waals surface area contributed by atoms with Gasteiger partial charge in [0, 0.05) is 90.7 Å². The Morgan fingerprint density at radius 3 is 1.49 bits per heavy atom. The van der Waals surface area contributed by atoms with Crippen LogP contribution >= 0.6 is 11.8 Å². The fourth-order valence-electron chi connectivity index (χ4n) is 12.9. The lowest BCUT2D eigenvalue weighted by atomic mass is 9.31. The summed E-state index contributed by atoms with van der Waals surface area (Å²) in [5.74, 6) is 1.70. The molecule has 6 nitrogen and oxygen atoms in total. The van der Waals surface area contributed by atoms with E-state index >= 15 is 0 Å². The van der Waals surface area contributed by atoms with Crippen LogP contribution in [0.3, 0.4) is 0 Å². The summed E-state index contributed by atoms with van der Waals surface area (Å²) in [6.07, 6.45) is 3.78. The molecule has 0 radical (unpaired) electrons. The lowest BCUT2D eigenvalue weighted by molar-refractivity contribution is 0.487. The predicted octanol–water partition coefficient (Wildman–Crippen LogP) is 14.9. The smallest absolute Gasteiger partial charge is 0.256 e. The van der Waals surface area contributed by atoms with Crippen LogP contribution in [0.5, 0.6) is 11.5 Å². The Labute approximate surface area is 470 Å². The Morgan fingerprint density at radius 2 is 0.850 bits per heavy atom. The summed E-state index contributed by atoms with van der Waals surface area (Å²) in [4.78, 5) is 16.7. The van der Waals surface area contributed by atoms with Gasteiger partial charge in [-0.2, -0.15) is 0 Å². The summed E-state index contributed by atoms with van der Waals surface area (Å²) < 4.78 is 7.25. The molecular formula is C71H47B2N5OS. The first-order valence-electron chi connectivity index (χ1n) is 27.2. The van der Waals surface area contributed by atoms with Crippen LogP contribution in [0.2, 0.25) is 0 Å². The topological polar surface area (TPSA) is 35.1 Å². The van der Waals surface area contributed by atoms with Crippen molar-refractivity contribution in [3.63, 3.8) is 0 Å². The first-order chi connectivity index (χ1) is 39.7. The largest absolute Gasteiger partial charge is 0.458 e. The molecule has 1 aromatic heterocycles. The highest BCUT2D eigenvalue weighted by atomic mass is 32.2. The molecule has 16 rings (SSSR count). The number of ether oxygens (including phenoxy) is 1. The molecule has 0 saturated heterocycles. The molecule has 0 amide bonds. The number of hydrogen-bond donors (Lipinski definition) is 0. The van der Waals surface area contributed by atoms with Gasteiger partial charge in [-0.05, 0) is 148 Å². The van der Waals surface area contributed by atoms with Gasteiger partial charge in [0.2, 0.25) is 6.71 Å². The number of fused-ring (bicyclic) bond motifs is 8. The maximum atomic E-state index is 7.25. The number of nitrogens with zero attached hydrogens (tertiary/aromatic N) is 5. The van der Waals surface area contributed by atoms with Crippen LogP contribution in [-0.2, 0) is 0 Å². The van der Waals surface area contributed by atoms with Gasteiger partial charge in [0.05, 0.1) is 11.4 Å². The molecule has 0 fully saturated rings. The first kappa shape index (κ1) is 46.2. The molecule has 5 heterocycles. The van der Waals surface area contributed by atoms with Gasteiger partial charge in [-0.1, -0.05) is 169 Å². The van der Waals surface area contributed by atoms with Crippen molar-refractivity contribution < 1.29 is 4.74 Å². The minimum absolute atomic E-state index is 0.0742. The van der Waals surface area contributed by atoms with Crippen LogP contribution in [-0.4, -0.2) is 18.4 Å². The van der Waals surface area contributed by atoms with E-state index in [1.165, 1.54) is 43.0 Å². The van der Waals surface area contributed by atoms with Crippen LogP contribution < -0.4 is 57.1 Å². The Kier molecular flexibility index (Phi) is 10.9. The van der Waals surface area contributed by atoms with Crippen LogP contribution in [0.25, 0.3) is 11.1 Å². The molecule has 4 aliphatic heterocycles. The minimum atomic E-state index is -0.149. The number of anilines is 12. The second-order valence-corrected chi connectivity index (χ2v) is 21.7. The summed E-state index contributed by atoms with van der Waals surface area (Å²) in [5, 5.41) is 0. The summed E-state index contributed by atoms with van der Waals surface area (Å²) in [6.45, 7) is -0.224. The van der Waals surface area contributed by atoms with Crippen molar-refractivity contribution in [1.29, 1.82) is 0 Å². The molecule has 0 aliphatic carbocycles. The lowest BCUT2D eigenvalue weighted by Crippen LogP contribution is -2.63. The number of hydrogen-bond acceptors (Lipinski definition) is 7. The van der Waals surface area contributed by atoms with Crippen LogP contribution in [0.1, 0.15) is 0 Å². The lowest BCUT2D eigenvalue weighted by Gasteiger charge is -2.44. The zero-order valence-electron chi connectivity index (χ0n) is 43.3. The highest BCUT2D eigenvalue weighted by Gasteiger charge is 2.47. The SMILES string of the molecule is c1ccc(N(c2ccccc2)c2cc3c4c(c2)N(c2ccccc2-c2ccncc2)c2cc5c(cc2B4c2ccccc2O3)B2c3ccccc3N(c3ccccc3)c3cc(N(c4ccccc4)c4ccccc4)cc(c32)S5)cc1. The highest BCUT2D eigenvalue weighted by molar-refractivity contribution is 8.00. The van der Waals surface area contributed by atoms with Crippen molar-refractivity contribution in [3.8, 4) is 22.6 Å². The van der Waals surface area contributed by atoms with E-state index in [2.05, 4.69) is 298 Å². The summed E-state index contributed by atoms with van der Waals surface area (Å²) in [7, 11) is 0. The van der Waals surface area contributed by atoms with Crippen molar-refractivity contribution in [1.82, 2.24) is 4.98 Å². The average Bonchev–Trinajstić information content (AvgIpc) is 3.63. The van der Waals surface area contributed by atoms with E-state index < -0.39 is 0 Å². The van der Waals surface area contributed by atoms with Crippen LogP contribution in [0.15, 0.2) is 295 Å². The average molecular weight is 1040 g/mol. The Morgan fingerprint density at radius 1 is 0.338 bits per heavy atom. The third kappa shape index (κ3) is 7.42. The van der Waals surface area contributed by atoms with Crippen molar-refractivity contribution >= 4 is 126 Å². The maximum Gasteiger partial charge on any atom is 0.256 e. The third-order valence-electron chi connectivity index (χ3n) is 16.2. The second-order valence-electron chi connectivity index (χ2n) is 20.6. The minimum Gasteiger partial charge on any atom is -0.458 e. The Hall–Kier alpha value is -9.95. The van der Waals surface area contributed by atoms with E-state index in [0.717, 1.165) is 90.4 Å².